The quantitative estimate of drug-likeness (QED) is 0.565. The van der Waals surface area contributed by atoms with Crippen LogP contribution in [0.5, 0.6) is 0 Å². The molecule has 3 aromatic heterocycles. The van der Waals surface area contributed by atoms with Gasteiger partial charge in [-0.15, -0.1) is 35.5 Å². The second-order valence-electron chi connectivity index (χ2n) is 4.52. The first-order chi connectivity index (χ1) is 11.8. The van der Waals surface area contributed by atoms with Crippen molar-refractivity contribution in [1.29, 1.82) is 0 Å². The summed E-state index contributed by atoms with van der Waals surface area (Å²) in [5.41, 5.74) is 1.35. The molecule has 0 unspecified atom stereocenters. The van der Waals surface area contributed by atoms with Crippen molar-refractivity contribution in [2.75, 3.05) is 0 Å². The summed E-state index contributed by atoms with van der Waals surface area (Å²) >= 11 is 2.98. The van der Waals surface area contributed by atoms with E-state index in [4.69, 9.17) is 12.8 Å². The smallest absolute Gasteiger partial charge is 0.115 e. The molecular weight excluding hydrogens is 330 g/mol. The Morgan fingerprint density at radius 2 is 1.08 bits per heavy atom. The van der Waals surface area contributed by atoms with E-state index < -0.39 is 0 Å². The zero-order valence-corrected chi connectivity index (χ0v) is 14.1. The van der Waals surface area contributed by atoms with E-state index in [1.165, 1.54) is 22.7 Å². The van der Waals surface area contributed by atoms with Gasteiger partial charge in [0.05, 0.1) is 19.5 Å². The van der Waals surface area contributed by atoms with E-state index in [9.17, 15) is 0 Å². The number of pyridine rings is 1. The van der Waals surface area contributed by atoms with E-state index in [1.54, 1.807) is 0 Å². The lowest BCUT2D eigenvalue weighted by atomic mass is 10.3. The lowest BCUT2D eigenvalue weighted by Gasteiger charge is -1.91. The van der Waals surface area contributed by atoms with Crippen LogP contribution in [0.2, 0.25) is 0 Å². The van der Waals surface area contributed by atoms with Crippen LogP contribution in [0.25, 0.3) is 0 Å². The molecule has 3 aromatic rings. The molecule has 0 aliphatic carbocycles. The Kier molecular flexibility index (Phi) is 4.81. The van der Waals surface area contributed by atoms with Crippen molar-refractivity contribution in [3.8, 4) is 48.4 Å². The van der Waals surface area contributed by atoms with Gasteiger partial charge in [-0.2, -0.15) is 0 Å². The lowest BCUT2D eigenvalue weighted by Crippen LogP contribution is -1.86. The maximum atomic E-state index is 5.36. The van der Waals surface area contributed by atoms with Gasteiger partial charge in [0.15, 0.2) is 0 Å². The molecule has 0 spiro atoms. The average molecular weight is 339 g/mol. The highest BCUT2D eigenvalue weighted by atomic mass is 32.1. The van der Waals surface area contributed by atoms with E-state index in [-0.39, 0.29) is 0 Å². The molecule has 24 heavy (non-hydrogen) atoms. The number of hydrogen-bond donors (Lipinski definition) is 0. The van der Waals surface area contributed by atoms with Gasteiger partial charge in [0.1, 0.15) is 11.4 Å². The molecular formula is C21H9NS2. The van der Waals surface area contributed by atoms with Gasteiger partial charge in [0.25, 0.3) is 0 Å². The van der Waals surface area contributed by atoms with Crippen molar-refractivity contribution < 1.29 is 0 Å². The first-order valence-electron chi connectivity index (χ1n) is 6.91. The maximum absolute atomic E-state index is 5.36. The third-order valence-corrected chi connectivity index (χ3v) is 4.74. The van der Waals surface area contributed by atoms with Crippen LogP contribution in [0.4, 0.5) is 0 Å². The monoisotopic (exact) mass is 339 g/mol. The van der Waals surface area contributed by atoms with E-state index >= 15 is 0 Å². The normalized spacial score (nSPS) is 8.92. The summed E-state index contributed by atoms with van der Waals surface area (Å²) in [7, 11) is 0. The number of aromatic nitrogens is 1. The van der Waals surface area contributed by atoms with Gasteiger partial charge in [-0.05, 0) is 60.1 Å². The third kappa shape index (κ3) is 3.95. The molecule has 0 bridgehead atoms. The third-order valence-electron chi connectivity index (χ3n) is 2.87. The standard InChI is InChI=1S/C21H9NS2/c1-3-18-12-14-20(23-18)10-8-16-6-5-7-17(22-16)9-11-21-15-13-19(4-2)24-21/h1-2,5-7,12-15H. The minimum Gasteiger partial charge on any atom is -0.231 e. The van der Waals surface area contributed by atoms with Crippen LogP contribution in [-0.2, 0) is 0 Å². The molecule has 3 heterocycles. The fraction of sp³-hybridized carbons (Fsp3) is 0. The van der Waals surface area contributed by atoms with Crippen LogP contribution >= 0.6 is 22.7 Å². The molecule has 0 radical (unpaired) electrons. The number of thiophene rings is 2. The van der Waals surface area contributed by atoms with Crippen molar-refractivity contribution in [2.24, 2.45) is 0 Å². The topological polar surface area (TPSA) is 12.9 Å². The zero-order valence-electron chi connectivity index (χ0n) is 12.5. The van der Waals surface area contributed by atoms with Crippen LogP contribution in [0.15, 0.2) is 42.5 Å². The summed E-state index contributed by atoms with van der Waals surface area (Å²) in [6.07, 6.45) is 10.7. The molecule has 3 rings (SSSR count). The molecule has 0 saturated heterocycles. The second kappa shape index (κ2) is 7.37. The van der Waals surface area contributed by atoms with Crippen molar-refractivity contribution >= 4 is 22.7 Å². The van der Waals surface area contributed by atoms with Gasteiger partial charge in [-0.25, -0.2) is 4.98 Å². The van der Waals surface area contributed by atoms with E-state index in [2.05, 4.69) is 40.5 Å². The Balaban J connectivity index is 1.80. The van der Waals surface area contributed by atoms with Crippen LogP contribution < -0.4 is 0 Å². The van der Waals surface area contributed by atoms with Crippen LogP contribution in [0.3, 0.4) is 0 Å². The molecule has 0 saturated carbocycles. The van der Waals surface area contributed by atoms with Crippen molar-refractivity contribution in [2.45, 2.75) is 0 Å². The van der Waals surface area contributed by atoms with Gasteiger partial charge in [-0.1, -0.05) is 17.9 Å². The molecule has 0 aromatic carbocycles. The summed E-state index contributed by atoms with van der Waals surface area (Å²) in [5.74, 6) is 17.4. The summed E-state index contributed by atoms with van der Waals surface area (Å²) in [4.78, 5) is 8.01. The van der Waals surface area contributed by atoms with Gasteiger partial charge in [0, 0.05) is 0 Å². The highest BCUT2D eigenvalue weighted by Crippen LogP contribution is 2.14. The van der Waals surface area contributed by atoms with Crippen LogP contribution in [0.1, 0.15) is 30.9 Å². The molecule has 110 valence electrons. The van der Waals surface area contributed by atoms with Gasteiger partial charge in [0.2, 0.25) is 0 Å². The number of terminal acetylenes is 2. The Morgan fingerprint density at radius 3 is 1.50 bits per heavy atom. The van der Waals surface area contributed by atoms with E-state index in [0.29, 0.717) is 11.4 Å². The predicted molar refractivity (Wildman–Crippen MR) is 101 cm³/mol. The molecule has 0 amide bonds. The largest absolute Gasteiger partial charge is 0.231 e. The Labute approximate surface area is 149 Å². The summed E-state index contributed by atoms with van der Waals surface area (Å²) in [5, 5.41) is 0. The summed E-state index contributed by atoms with van der Waals surface area (Å²) in [6, 6.07) is 13.2. The highest BCUT2D eigenvalue weighted by Gasteiger charge is 1.96. The molecule has 0 aliphatic rings. The number of hydrogen-bond acceptors (Lipinski definition) is 3. The van der Waals surface area contributed by atoms with Gasteiger partial charge < -0.3 is 0 Å². The van der Waals surface area contributed by atoms with Gasteiger partial charge in [-0.3, -0.25) is 0 Å². The highest BCUT2D eigenvalue weighted by molar-refractivity contribution is 7.13. The average Bonchev–Trinajstić information content (AvgIpc) is 3.27. The first kappa shape index (κ1) is 15.7. The van der Waals surface area contributed by atoms with E-state index in [0.717, 1.165) is 19.5 Å². The molecule has 0 N–H and O–H groups in total. The predicted octanol–water partition coefficient (Wildman–Crippen LogP) is 3.97. The van der Waals surface area contributed by atoms with Crippen molar-refractivity contribution in [3.63, 3.8) is 0 Å². The van der Waals surface area contributed by atoms with Crippen LogP contribution in [-0.4, -0.2) is 4.98 Å². The zero-order chi connectivity index (χ0) is 16.8. The van der Waals surface area contributed by atoms with Gasteiger partial charge >= 0.3 is 0 Å². The molecule has 0 aliphatic heterocycles. The molecule has 1 nitrogen and oxygen atoms in total. The number of nitrogens with zero attached hydrogens (tertiary/aromatic N) is 1. The maximum Gasteiger partial charge on any atom is 0.115 e. The minimum absolute atomic E-state index is 0.674. The number of rotatable bonds is 0. The fourth-order valence-electron chi connectivity index (χ4n) is 1.79. The molecule has 0 fully saturated rings. The minimum atomic E-state index is 0.674. The van der Waals surface area contributed by atoms with Crippen molar-refractivity contribution in [1.82, 2.24) is 4.98 Å². The first-order valence-corrected chi connectivity index (χ1v) is 8.54. The summed E-state index contributed by atoms with van der Waals surface area (Å²) in [6.45, 7) is 0. The molecule has 3 heteroatoms. The fourth-order valence-corrected chi connectivity index (χ4v) is 3.13. The van der Waals surface area contributed by atoms with Crippen molar-refractivity contribution in [3.05, 3.63) is 73.4 Å². The van der Waals surface area contributed by atoms with Crippen LogP contribution in [0, 0.1) is 48.4 Å². The SMILES string of the molecule is C#Cc1ccc(C#Cc2cccc(C#Cc3ccc(C#C)s3)n2)s1. The van der Waals surface area contributed by atoms with E-state index in [1.807, 2.05) is 42.5 Å². The second-order valence-corrected chi connectivity index (χ2v) is 6.69. The summed E-state index contributed by atoms with van der Waals surface area (Å²) < 4.78 is 0. The molecule has 0 atom stereocenters. The Morgan fingerprint density at radius 1 is 0.625 bits per heavy atom. The lowest BCUT2D eigenvalue weighted by molar-refractivity contribution is 1.25. The Bertz CT molecular complexity index is 1010. The Hall–Kier alpha value is -3.21.